The predicted octanol–water partition coefficient (Wildman–Crippen LogP) is 3.92. The first-order valence-electron chi connectivity index (χ1n) is 4.99. The van der Waals surface area contributed by atoms with Crippen molar-refractivity contribution in [2.24, 2.45) is 0 Å². The Hall–Kier alpha value is -0.150. The summed E-state index contributed by atoms with van der Waals surface area (Å²) in [7, 11) is 4.03. The maximum absolute atomic E-state index is 6.14. The molecule has 0 amide bonds. The zero-order valence-corrected chi connectivity index (χ0v) is 11.6. The molecule has 16 heavy (non-hydrogen) atoms. The third-order valence-corrected chi connectivity index (χ3v) is 3.14. The molecule has 1 unspecified atom stereocenters. The van der Waals surface area contributed by atoms with Gasteiger partial charge in [-0.15, -0.1) is 0 Å². The predicted molar refractivity (Wildman–Crippen MR) is 72.9 cm³/mol. The molecule has 1 atom stereocenters. The summed E-state index contributed by atoms with van der Waals surface area (Å²) < 4.78 is 0. The van der Waals surface area contributed by atoms with Crippen molar-refractivity contribution in [1.82, 2.24) is 4.90 Å². The van der Waals surface area contributed by atoms with Gasteiger partial charge < -0.3 is 10.2 Å². The Morgan fingerprint density at radius 1 is 1.25 bits per heavy atom. The molecule has 1 aromatic rings. The van der Waals surface area contributed by atoms with Gasteiger partial charge in [0.05, 0.1) is 10.0 Å². The highest BCUT2D eigenvalue weighted by Crippen LogP contribution is 2.25. The Morgan fingerprint density at radius 3 is 2.50 bits per heavy atom. The van der Waals surface area contributed by atoms with Crippen LogP contribution in [0.15, 0.2) is 18.2 Å². The van der Waals surface area contributed by atoms with Gasteiger partial charge >= 0.3 is 0 Å². The van der Waals surface area contributed by atoms with Gasteiger partial charge in [0.25, 0.3) is 0 Å². The summed E-state index contributed by atoms with van der Waals surface area (Å²) >= 11 is 17.9. The van der Waals surface area contributed by atoms with E-state index in [0.29, 0.717) is 10.0 Å². The molecular formula is C11H15Cl3N2. The number of alkyl halides is 1. The van der Waals surface area contributed by atoms with E-state index in [1.54, 1.807) is 12.1 Å². The third kappa shape index (κ3) is 4.79. The third-order valence-electron chi connectivity index (χ3n) is 2.07. The number of benzene rings is 1. The van der Waals surface area contributed by atoms with Crippen LogP contribution in [0.25, 0.3) is 0 Å². The molecule has 0 aromatic heterocycles. The van der Waals surface area contributed by atoms with Crippen molar-refractivity contribution >= 4 is 40.5 Å². The summed E-state index contributed by atoms with van der Waals surface area (Å²) in [5.74, 6) is 0. The zero-order valence-electron chi connectivity index (χ0n) is 9.30. The first kappa shape index (κ1) is 13.9. The molecule has 0 saturated heterocycles. The van der Waals surface area contributed by atoms with E-state index in [1.807, 2.05) is 20.2 Å². The summed E-state index contributed by atoms with van der Waals surface area (Å²) in [4.78, 5) is 2.09. The highest BCUT2D eigenvalue weighted by Gasteiger charge is 2.06. The number of hydrogen-bond donors (Lipinski definition) is 1. The van der Waals surface area contributed by atoms with Crippen LogP contribution in [0.1, 0.15) is 6.42 Å². The molecule has 0 aliphatic heterocycles. The Bertz CT molecular complexity index is 342. The van der Waals surface area contributed by atoms with E-state index in [4.69, 9.17) is 34.8 Å². The fourth-order valence-electron chi connectivity index (χ4n) is 1.21. The maximum Gasteiger partial charge on any atom is 0.102 e. The largest absolute Gasteiger partial charge is 0.369 e. The van der Waals surface area contributed by atoms with Crippen LogP contribution in [0.4, 0.5) is 5.69 Å². The zero-order chi connectivity index (χ0) is 12.1. The van der Waals surface area contributed by atoms with Crippen molar-refractivity contribution < 1.29 is 0 Å². The minimum absolute atomic E-state index is 0.111. The Kier molecular flexibility index (Phi) is 5.70. The molecule has 0 bridgehead atoms. The van der Waals surface area contributed by atoms with Gasteiger partial charge in [-0.2, -0.15) is 0 Å². The van der Waals surface area contributed by atoms with Crippen molar-refractivity contribution in [2.45, 2.75) is 11.9 Å². The van der Waals surface area contributed by atoms with Gasteiger partial charge in [0.2, 0.25) is 0 Å². The van der Waals surface area contributed by atoms with Crippen LogP contribution in [0, 0.1) is 0 Å². The van der Waals surface area contributed by atoms with Crippen LogP contribution < -0.4 is 5.32 Å². The van der Waals surface area contributed by atoms with Crippen LogP contribution in [-0.2, 0) is 0 Å². The van der Waals surface area contributed by atoms with Gasteiger partial charge in [0, 0.05) is 12.2 Å². The minimum atomic E-state index is -0.111. The molecular weight excluding hydrogens is 266 g/mol. The lowest BCUT2D eigenvalue weighted by atomic mass is 10.3. The highest BCUT2D eigenvalue weighted by atomic mass is 35.5. The lowest BCUT2D eigenvalue weighted by Crippen LogP contribution is -2.21. The van der Waals surface area contributed by atoms with Crippen molar-refractivity contribution in [3.63, 3.8) is 0 Å². The van der Waals surface area contributed by atoms with Gasteiger partial charge in [0.15, 0.2) is 0 Å². The molecule has 0 spiro atoms. The molecule has 0 aliphatic rings. The fraction of sp³-hybridized carbons (Fsp3) is 0.455. The molecule has 1 rings (SSSR count). The van der Waals surface area contributed by atoms with Gasteiger partial charge in [-0.05, 0) is 38.7 Å². The lowest BCUT2D eigenvalue weighted by Gasteiger charge is -2.16. The summed E-state index contributed by atoms with van der Waals surface area (Å²) in [5, 5.41) is 4.24. The molecule has 0 heterocycles. The molecule has 0 radical (unpaired) electrons. The average Bonchev–Trinajstić information content (AvgIpc) is 2.21. The topological polar surface area (TPSA) is 15.3 Å². The SMILES string of the molecule is CN(C)CCC(Cl)Nc1ccc(Cl)c(Cl)c1. The van der Waals surface area contributed by atoms with Crippen molar-refractivity contribution in [3.8, 4) is 0 Å². The summed E-state index contributed by atoms with van der Waals surface area (Å²) in [6, 6.07) is 5.38. The summed E-state index contributed by atoms with van der Waals surface area (Å²) in [6.45, 7) is 0.933. The van der Waals surface area contributed by atoms with Gasteiger partial charge in [0.1, 0.15) is 5.50 Å². The summed E-state index contributed by atoms with van der Waals surface area (Å²) in [6.07, 6.45) is 0.856. The van der Waals surface area contributed by atoms with Crippen molar-refractivity contribution in [2.75, 3.05) is 26.0 Å². The maximum atomic E-state index is 6.14. The summed E-state index contributed by atoms with van der Waals surface area (Å²) in [5.41, 5.74) is 0.771. The van der Waals surface area contributed by atoms with Crippen LogP contribution in [0.3, 0.4) is 0 Å². The standard InChI is InChI=1S/C11H15Cl3N2/c1-16(2)6-5-11(14)15-8-3-4-9(12)10(13)7-8/h3-4,7,11,15H,5-6H2,1-2H3. The molecule has 0 fully saturated rings. The number of nitrogens with zero attached hydrogens (tertiary/aromatic N) is 1. The lowest BCUT2D eigenvalue weighted by molar-refractivity contribution is 0.400. The van der Waals surface area contributed by atoms with E-state index in [1.165, 1.54) is 0 Å². The van der Waals surface area contributed by atoms with E-state index in [9.17, 15) is 0 Å². The molecule has 1 aromatic carbocycles. The van der Waals surface area contributed by atoms with Crippen LogP contribution in [0.2, 0.25) is 10.0 Å². The second-order valence-corrected chi connectivity index (χ2v) is 5.17. The fourth-order valence-corrected chi connectivity index (χ4v) is 1.73. The Labute approximate surface area is 111 Å². The molecule has 1 N–H and O–H groups in total. The van der Waals surface area contributed by atoms with E-state index >= 15 is 0 Å². The molecule has 2 nitrogen and oxygen atoms in total. The van der Waals surface area contributed by atoms with Crippen molar-refractivity contribution in [1.29, 1.82) is 0 Å². The normalized spacial score (nSPS) is 12.9. The number of rotatable bonds is 5. The Morgan fingerprint density at radius 2 is 1.94 bits per heavy atom. The van der Waals surface area contributed by atoms with Gasteiger partial charge in [-0.3, -0.25) is 0 Å². The van der Waals surface area contributed by atoms with E-state index in [-0.39, 0.29) is 5.50 Å². The number of hydrogen-bond acceptors (Lipinski definition) is 2. The Balaban J connectivity index is 2.49. The highest BCUT2D eigenvalue weighted by molar-refractivity contribution is 6.42. The smallest absolute Gasteiger partial charge is 0.102 e. The number of anilines is 1. The minimum Gasteiger partial charge on any atom is -0.369 e. The monoisotopic (exact) mass is 280 g/mol. The van der Waals surface area contributed by atoms with Crippen LogP contribution >= 0.6 is 34.8 Å². The second-order valence-electron chi connectivity index (χ2n) is 3.83. The molecule has 0 saturated carbocycles. The van der Waals surface area contributed by atoms with Crippen LogP contribution in [0.5, 0.6) is 0 Å². The molecule has 5 heteroatoms. The number of halogens is 3. The van der Waals surface area contributed by atoms with Gasteiger partial charge in [-0.25, -0.2) is 0 Å². The average molecular weight is 282 g/mol. The van der Waals surface area contributed by atoms with Crippen LogP contribution in [-0.4, -0.2) is 31.0 Å². The quantitative estimate of drug-likeness (QED) is 0.650. The molecule has 90 valence electrons. The van der Waals surface area contributed by atoms with Gasteiger partial charge in [-0.1, -0.05) is 34.8 Å². The van der Waals surface area contributed by atoms with Crippen molar-refractivity contribution in [3.05, 3.63) is 28.2 Å². The second kappa shape index (κ2) is 6.55. The first-order chi connectivity index (χ1) is 7.49. The molecule has 0 aliphatic carbocycles. The first-order valence-corrected chi connectivity index (χ1v) is 6.18. The van der Waals surface area contributed by atoms with E-state index in [2.05, 4.69) is 10.2 Å². The number of nitrogens with one attached hydrogen (secondary N) is 1. The van der Waals surface area contributed by atoms with E-state index in [0.717, 1.165) is 18.7 Å². The van der Waals surface area contributed by atoms with E-state index < -0.39 is 0 Å².